The molecule has 1 aromatic carbocycles. The van der Waals surface area contributed by atoms with E-state index in [9.17, 15) is 4.79 Å². The molecule has 20 heavy (non-hydrogen) atoms. The number of hydrogen-bond acceptors (Lipinski definition) is 3. The summed E-state index contributed by atoms with van der Waals surface area (Å²) < 4.78 is 10.2. The van der Waals surface area contributed by atoms with Crippen LogP contribution in [0.1, 0.15) is 56.0 Å². The van der Waals surface area contributed by atoms with Gasteiger partial charge in [-0.05, 0) is 47.4 Å². The lowest BCUT2D eigenvalue weighted by Gasteiger charge is -2.39. The van der Waals surface area contributed by atoms with Crippen molar-refractivity contribution in [3.8, 4) is 5.75 Å². The third-order valence-corrected chi connectivity index (χ3v) is 5.17. The minimum atomic E-state index is -0.315. The van der Waals surface area contributed by atoms with E-state index >= 15 is 0 Å². The summed E-state index contributed by atoms with van der Waals surface area (Å²) in [5.41, 5.74) is 2.00. The Labute approximate surface area is 121 Å². The van der Waals surface area contributed by atoms with Crippen molar-refractivity contribution in [2.75, 3.05) is 14.2 Å². The van der Waals surface area contributed by atoms with Gasteiger partial charge in [-0.1, -0.05) is 27.2 Å². The molecule has 0 saturated heterocycles. The molecule has 110 valence electrons. The third kappa shape index (κ3) is 2.30. The first-order valence-corrected chi connectivity index (χ1v) is 7.12. The maximum absolute atomic E-state index is 11.8. The summed E-state index contributed by atoms with van der Waals surface area (Å²) in [6.45, 7) is 6.89. The van der Waals surface area contributed by atoms with Crippen molar-refractivity contribution in [1.82, 2.24) is 0 Å². The lowest BCUT2D eigenvalue weighted by molar-refractivity contribution is 0.0600. The fourth-order valence-electron chi connectivity index (χ4n) is 3.30. The Hall–Kier alpha value is -1.51. The molecule has 1 saturated carbocycles. The molecule has 1 fully saturated rings. The molecule has 2 rings (SSSR count). The number of carbonyl (C=O) groups is 1. The molecule has 3 nitrogen and oxygen atoms in total. The number of esters is 1. The Morgan fingerprint density at radius 1 is 1.10 bits per heavy atom. The highest BCUT2D eigenvalue weighted by molar-refractivity contribution is 5.90. The lowest BCUT2D eigenvalue weighted by atomic mass is 9.65. The molecule has 1 aliphatic carbocycles. The SMILES string of the molecule is COC(=O)c1cc(OC)cc(C2(C)CCCC2(C)C)c1. The number of ether oxygens (including phenoxy) is 2. The first-order valence-electron chi connectivity index (χ1n) is 7.12. The third-order valence-electron chi connectivity index (χ3n) is 5.17. The normalized spacial score (nSPS) is 24.4. The predicted octanol–water partition coefficient (Wildman–Crippen LogP) is 3.95. The van der Waals surface area contributed by atoms with E-state index in [1.165, 1.54) is 25.5 Å². The fraction of sp³-hybridized carbons (Fsp3) is 0.588. The quantitative estimate of drug-likeness (QED) is 0.784. The van der Waals surface area contributed by atoms with Gasteiger partial charge in [0.15, 0.2) is 0 Å². The highest BCUT2D eigenvalue weighted by atomic mass is 16.5. The van der Waals surface area contributed by atoms with Gasteiger partial charge in [0.25, 0.3) is 0 Å². The van der Waals surface area contributed by atoms with E-state index in [1.54, 1.807) is 13.2 Å². The van der Waals surface area contributed by atoms with Crippen LogP contribution in [-0.2, 0) is 10.2 Å². The first kappa shape index (κ1) is 14.9. The molecule has 1 unspecified atom stereocenters. The van der Waals surface area contributed by atoms with E-state index in [0.717, 1.165) is 6.42 Å². The summed E-state index contributed by atoms with van der Waals surface area (Å²) in [5, 5.41) is 0. The maximum atomic E-state index is 11.8. The molecule has 0 radical (unpaired) electrons. The van der Waals surface area contributed by atoms with Crippen molar-refractivity contribution in [2.45, 2.75) is 45.4 Å². The van der Waals surface area contributed by atoms with E-state index in [2.05, 4.69) is 26.8 Å². The standard InChI is InChI=1S/C17H24O3/c1-16(2)7-6-8-17(16,3)13-9-12(15(18)20-5)10-14(11-13)19-4/h9-11H,6-8H2,1-5H3. The number of carbonyl (C=O) groups excluding carboxylic acids is 1. The summed E-state index contributed by atoms with van der Waals surface area (Å²) in [7, 11) is 3.03. The highest BCUT2D eigenvalue weighted by Gasteiger charge is 2.46. The van der Waals surface area contributed by atoms with Crippen LogP contribution in [0.25, 0.3) is 0 Å². The van der Waals surface area contributed by atoms with Crippen molar-refractivity contribution >= 4 is 5.97 Å². The number of methoxy groups -OCH3 is 2. The van der Waals surface area contributed by atoms with Crippen LogP contribution in [0.5, 0.6) is 5.75 Å². The van der Waals surface area contributed by atoms with E-state index in [1.807, 2.05) is 6.07 Å². The zero-order chi connectivity index (χ0) is 15.0. The monoisotopic (exact) mass is 276 g/mol. The minimum absolute atomic E-state index is 0.0598. The van der Waals surface area contributed by atoms with Crippen molar-refractivity contribution in [3.05, 3.63) is 29.3 Å². The van der Waals surface area contributed by atoms with Crippen molar-refractivity contribution in [2.24, 2.45) is 5.41 Å². The molecule has 1 atom stereocenters. The summed E-state index contributed by atoms with van der Waals surface area (Å²) >= 11 is 0. The summed E-state index contributed by atoms with van der Waals surface area (Å²) in [4.78, 5) is 11.8. The summed E-state index contributed by atoms with van der Waals surface area (Å²) in [6.07, 6.45) is 3.55. The van der Waals surface area contributed by atoms with Gasteiger partial charge in [-0.25, -0.2) is 4.79 Å². The summed E-state index contributed by atoms with van der Waals surface area (Å²) in [5.74, 6) is 0.399. The van der Waals surface area contributed by atoms with Crippen LogP contribution in [0.3, 0.4) is 0 Å². The van der Waals surface area contributed by atoms with Crippen LogP contribution in [-0.4, -0.2) is 20.2 Å². The van der Waals surface area contributed by atoms with Crippen LogP contribution < -0.4 is 4.74 Å². The topological polar surface area (TPSA) is 35.5 Å². The molecule has 0 N–H and O–H groups in total. The Morgan fingerprint density at radius 3 is 2.30 bits per heavy atom. The number of rotatable bonds is 3. The van der Waals surface area contributed by atoms with Crippen molar-refractivity contribution < 1.29 is 14.3 Å². The number of benzene rings is 1. The molecule has 1 aromatic rings. The molecule has 0 bridgehead atoms. The van der Waals surface area contributed by atoms with Crippen LogP contribution in [0, 0.1) is 5.41 Å². The zero-order valence-corrected chi connectivity index (χ0v) is 13.1. The Bertz CT molecular complexity index is 519. The Kier molecular flexibility index (Phi) is 3.81. The van der Waals surface area contributed by atoms with E-state index < -0.39 is 0 Å². The molecule has 0 aromatic heterocycles. The van der Waals surface area contributed by atoms with Crippen LogP contribution >= 0.6 is 0 Å². The fourth-order valence-corrected chi connectivity index (χ4v) is 3.30. The average Bonchev–Trinajstić information content (AvgIpc) is 2.72. The molecule has 1 aliphatic rings. The average molecular weight is 276 g/mol. The van der Waals surface area contributed by atoms with Gasteiger partial charge in [-0.2, -0.15) is 0 Å². The van der Waals surface area contributed by atoms with Crippen LogP contribution in [0.2, 0.25) is 0 Å². The van der Waals surface area contributed by atoms with Gasteiger partial charge in [-0.15, -0.1) is 0 Å². The van der Waals surface area contributed by atoms with Gasteiger partial charge in [-0.3, -0.25) is 0 Å². The van der Waals surface area contributed by atoms with Gasteiger partial charge in [0.2, 0.25) is 0 Å². The van der Waals surface area contributed by atoms with Crippen molar-refractivity contribution in [3.63, 3.8) is 0 Å². The summed E-state index contributed by atoms with van der Waals surface area (Å²) in [6, 6.07) is 5.75. The zero-order valence-electron chi connectivity index (χ0n) is 13.1. The Balaban J connectivity index is 2.54. The second-order valence-corrected chi connectivity index (χ2v) is 6.51. The van der Waals surface area contributed by atoms with Gasteiger partial charge in [0.05, 0.1) is 19.8 Å². The molecular weight excluding hydrogens is 252 g/mol. The maximum Gasteiger partial charge on any atom is 0.337 e. The van der Waals surface area contributed by atoms with Crippen LogP contribution in [0.4, 0.5) is 0 Å². The molecule has 0 heterocycles. The largest absolute Gasteiger partial charge is 0.497 e. The van der Waals surface area contributed by atoms with Gasteiger partial charge in [0, 0.05) is 0 Å². The lowest BCUT2D eigenvalue weighted by Crippen LogP contribution is -2.34. The number of hydrogen-bond donors (Lipinski definition) is 0. The van der Waals surface area contributed by atoms with Gasteiger partial charge in [0.1, 0.15) is 5.75 Å². The predicted molar refractivity (Wildman–Crippen MR) is 79.3 cm³/mol. The smallest absolute Gasteiger partial charge is 0.337 e. The van der Waals surface area contributed by atoms with E-state index in [4.69, 9.17) is 9.47 Å². The first-order chi connectivity index (χ1) is 9.34. The molecular formula is C17H24O3. The second kappa shape index (κ2) is 5.12. The molecule has 0 aliphatic heterocycles. The van der Waals surface area contributed by atoms with Gasteiger partial charge < -0.3 is 9.47 Å². The van der Waals surface area contributed by atoms with Crippen LogP contribution in [0.15, 0.2) is 18.2 Å². The Morgan fingerprint density at radius 2 is 1.80 bits per heavy atom. The van der Waals surface area contributed by atoms with Gasteiger partial charge >= 0.3 is 5.97 Å². The molecule has 0 spiro atoms. The second-order valence-electron chi connectivity index (χ2n) is 6.51. The molecule has 3 heteroatoms. The van der Waals surface area contributed by atoms with E-state index in [-0.39, 0.29) is 16.8 Å². The minimum Gasteiger partial charge on any atom is -0.497 e. The molecule has 0 amide bonds. The van der Waals surface area contributed by atoms with E-state index in [0.29, 0.717) is 11.3 Å². The van der Waals surface area contributed by atoms with Crippen molar-refractivity contribution in [1.29, 1.82) is 0 Å². The highest BCUT2D eigenvalue weighted by Crippen LogP contribution is 2.54.